The number of esters is 1. The first-order valence-electron chi connectivity index (χ1n) is 7.17. The van der Waals surface area contributed by atoms with Gasteiger partial charge in [0.15, 0.2) is 11.6 Å². The second-order valence-electron chi connectivity index (χ2n) is 4.74. The number of hydrogen-bond acceptors (Lipinski definition) is 9. The maximum atomic E-state index is 12.0. The summed E-state index contributed by atoms with van der Waals surface area (Å²) in [5.74, 6) is -0.246. The Kier molecular flexibility index (Phi) is 5.83. The highest BCUT2D eigenvalue weighted by Gasteiger charge is 2.22. The van der Waals surface area contributed by atoms with E-state index in [1.807, 2.05) is 0 Å². The van der Waals surface area contributed by atoms with Crippen LogP contribution in [-0.4, -0.2) is 48.0 Å². The van der Waals surface area contributed by atoms with Crippen molar-refractivity contribution in [3.8, 4) is 17.6 Å². The molecule has 0 radical (unpaired) electrons. The van der Waals surface area contributed by atoms with Gasteiger partial charge < -0.3 is 18.9 Å². The summed E-state index contributed by atoms with van der Waals surface area (Å²) >= 11 is 0. The second-order valence-corrected chi connectivity index (χ2v) is 4.74. The van der Waals surface area contributed by atoms with Crippen molar-refractivity contribution in [2.45, 2.75) is 13.5 Å². The molecule has 0 fully saturated rings. The molecule has 0 aromatic carbocycles. The van der Waals surface area contributed by atoms with Crippen LogP contribution >= 0.6 is 0 Å². The Morgan fingerprint density at radius 2 is 1.72 bits per heavy atom. The summed E-state index contributed by atoms with van der Waals surface area (Å²) < 4.78 is 20.4. The number of pyridine rings is 1. The van der Waals surface area contributed by atoms with E-state index in [1.165, 1.54) is 46.6 Å². The monoisotopic (exact) mass is 347 g/mol. The molecule has 0 amide bonds. The standard InChI is InChI=1S/C16H17N3O6/c1-9(20)10-5-6-17-15(14(10)16(21)24-4)25-8-11-18-12(22-2)7-13(19-11)23-3/h5-7H,8H2,1-4H3. The van der Waals surface area contributed by atoms with E-state index in [1.54, 1.807) is 0 Å². The predicted octanol–water partition coefficient (Wildman–Crippen LogP) is 1.46. The summed E-state index contributed by atoms with van der Waals surface area (Å²) in [5, 5.41) is 0. The van der Waals surface area contributed by atoms with Gasteiger partial charge in [-0.3, -0.25) is 4.79 Å². The molecular weight excluding hydrogens is 330 g/mol. The summed E-state index contributed by atoms with van der Waals surface area (Å²) in [6.07, 6.45) is 1.37. The fraction of sp³-hybridized carbons (Fsp3) is 0.312. The number of aromatic nitrogens is 3. The molecule has 0 atom stereocenters. The van der Waals surface area contributed by atoms with Crippen molar-refractivity contribution in [2.75, 3.05) is 21.3 Å². The van der Waals surface area contributed by atoms with Gasteiger partial charge in [-0.05, 0) is 13.0 Å². The number of hydrogen-bond donors (Lipinski definition) is 0. The third-order valence-corrected chi connectivity index (χ3v) is 3.17. The Hall–Kier alpha value is -3.23. The molecule has 2 heterocycles. The van der Waals surface area contributed by atoms with E-state index in [0.29, 0.717) is 11.8 Å². The molecule has 0 saturated heterocycles. The fourth-order valence-corrected chi connectivity index (χ4v) is 2.00. The predicted molar refractivity (Wildman–Crippen MR) is 85.0 cm³/mol. The maximum absolute atomic E-state index is 12.0. The topological polar surface area (TPSA) is 110 Å². The van der Waals surface area contributed by atoms with Gasteiger partial charge in [0.2, 0.25) is 17.6 Å². The van der Waals surface area contributed by atoms with E-state index in [4.69, 9.17) is 18.9 Å². The van der Waals surface area contributed by atoms with Gasteiger partial charge in [-0.25, -0.2) is 9.78 Å². The van der Waals surface area contributed by atoms with Crippen molar-refractivity contribution >= 4 is 11.8 Å². The molecule has 2 aromatic heterocycles. The minimum atomic E-state index is -0.725. The second kappa shape index (κ2) is 8.04. The molecule has 25 heavy (non-hydrogen) atoms. The lowest BCUT2D eigenvalue weighted by molar-refractivity contribution is 0.0590. The normalized spacial score (nSPS) is 10.1. The van der Waals surface area contributed by atoms with Gasteiger partial charge in [0.1, 0.15) is 12.2 Å². The zero-order valence-corrected chi connectivity index (χ0v) is 14.2. The molecule has 9 nitrogen and oxygen atoms in total. The quantitative estimate of drug-likeness (QED) is 0.543. The Morgan fingerprint density at radius 1 is 1.08 bits per heavy atom. The van der Waals surface area contributed by atoms with Crippen LogP contribution in [0.15, 0.2) is 18.3 Å². The van der Waals surface area contributed by atoms with Crippen LogP contribution in [0.3, 0.4) is 0 Å². The van der Waals surface area contributed by atoms with E-state index in [9.17, 15) is 9.59 Å². The molecule has 9 heteroatoms. The zero-order chi connectivity index (χ0) is 18.4. The van der Waals surface area contributed by atoms with Gasteiger partial charge >= 0.3 is 5.97 Å². The lowest BCUT2D eigenvalue weighted by Gasteiger charge is -2.12. The molecule has 0 unspecified atom stereocenters. The molecule has 0 N–H and O–H groups in total. The van der Waals surface area contributed by atoms with Crippen LogP contribution in [0.1, 0.15) is 33.5 Å². The SMILES string of the molecule is COC(=O)c1c(C(C)=O)ccnc1OCc1nc(OC)cc(OC)n1. The molecule has 2 rings (SSSR count). The molecule has 0 saturated carbocycles. The lowest BCUT2D eigenvalue weighted by atomic mass is 10.1. The maximum Gasteiger partial charge on any atom is 0.344 e. The Morgan fingerprint density at radius 3 is 2.24 bits per heavy atom. The molecular formula is C16H17N3O6. The Labute approximate surface area is 143 Å². The molecule has 2 aromatic rings. The van der Waals surface area contributed by atoms with Crippen molar-refractivity contribution in [1.82, 2.24) is 15.0 Å². The van der Waals surface area contributed by atoms with Gasteiger partial charge in [0, 0.05) is 11.8 Å². The van der Waals surface area contributed by atoms with Gasteiger partial charge in [0.05, 0.1) is 27.4 Å². The first-order chi connectivity index (χ1) is 12.0. The highest BCUT2D eigenvalue weighted by molar-refractivity contribution is 6.06. The smallest absolute Gasteiger partial charge is 0.344 e. The lowest BCUT2D eigenvalue weighted by Crippen LogP contribution is -2.13. The van der Waals surface area contributed by atoms with Crippen molar-refractivity contribution in [1.29, 1.82) is 0 Å². The summed E-state index contributed by atoms with van der Waals surface area (Å²) in [6.45, 7) is 1.22. The van der Waals surface area contributed by atoms with E-state index in [-0.39, 0.29) is 35.2 Å². The van der Waals surface area contributed by atoms with Crippen molar-refractivity contribution in [3.05, 3.63) is 35.3 Å². The molecule has 0 bridgehead atoms. The summed E-state index contributed by atoms with van der Waals surface area (Å²) in [4.78, 5) is 36.0. The number of methoxy groups -OCH3 is 3. The van der Waals surface area contributed by atoms with Crippen molar-refractivity contribution < 1.29 is 28.5 Å². The molecule has 0 aliphatic rings. The average molecular weight is 347 g/mol. The van der Waals surface area contributed by atoms with E-state index >= 15 is 0 Å². The molecule has 0 aliphatic heterocycles. The van der Waals surface area contributed by atoms with Crippen molar-refractivity contribution in [3.63, 3.8) is 0 Å². The number of rotatable bonds is 7. The number of nitrogens with zero attached hydrogens (tertiary/aromatic N) is 3. The Bertz CT molecular complexity index is 771. The van der Waals surface area contributed by atoms with Crippen LogP contribution in [0, 0.1) is 0 Å². The summed E-state index contributed by atoms with van der Waals surface area (Å²) in [7, 11) is 4.12. The number of carbonyl (C=O) groups is 2. The summed E-state index contributed by atoms with van der Waals surface area (Å²) in [6, 6.07) is 2.94. The van der Waals surface area contributed by atoms with Gasteiger partial charge in [-0.2, -0.15) is 9.97 Å². The van der Waals surface area contributed by atoms with Gasteiger partial charge in [0.25, 0.3) is 0 Å². The first-order valence-corrected chi connectivity index (χ1v) is 7.17. The minimum absolute atomic E-state index is 0.0487. The van der Waals surface area contributed by atoms with Crippen LogP contribution in [0.5, 0.6) is 17.6 Å². The van der Waals surface area contributed by atoms with E-state index in [0.717, 1.165) is 0 Å². The first kappa shape index (κ1) is 18.1. The van der Waals surface area contributed by atoms with E-state index in [2.05, 4.69) is 15.0 Å². The molecule has 0 aliphatic carbocycles. The van der Waals surface area contributed by atoms with Gasteiger partial charge in [-0.15, -0.1) is 0 Å². The zero-order valence-electron chi connectivity index (χ0n) is 14.2. The van der Waals surface area contributed by atoms with Crippen LogP contribution in [0.2, 0.25) is 0 Å². The highest BCUT2D eigenvalue weighted by atomic mass is 16.5. The highest BCUT2D eigenvalue weighted by Crippen LogP contribution is 2.23. The largest absolute Gasteiger partial charge is 0.481 e. The van der Waals surface area contributed by atoms with Crippen LogP contribution in [0.4, 0.5) is 0 Å². The van der Waals surface area contributed by atoms with Crippen LogP contribution in [0.25, 0.3) is 0 Å². The minimum Gasteiger partial charge on any atom is -0.481 e. The fourth-order valence-electron chi connectivity index (χ4n) is 2.00. The number of ketones is 1. The third-order valence-electron chi connectivity index (χ3n) is 3.17. The Balaban J connectivity index is 2.33. The molecule has 0 spiro atoms. The van der Waals surface area contributed by atoms with Crippen molar-refractivity contribution in [2.24, 2.45) is 0 Å². The van der Waals surface area contributed by atoms with Gasteiger partial charge in [-0.1, -0.05) is 0 Å². The number of carbonyl (C=O) groups excluding carboxylic acids is 2. The van der Waals surface area contributed by atoms with Crippen LogP contribution < -0.4 is 14.2 Å². The van der Waals surface area contributed by atoms with E-state index < -0.39 is 5.97 Å². The third kappa shape index (κ3) is 4.19. The molecule has 132 valence electrons. The summed E-state index contributed by atoms with van der Waals surface area (Å²) in [5.41, 5.74) is 0.105. The number of Topliss-reactive ketones (excluding diaryl/α,β-unsaturated/α-hetero) is 1. The average Bonchev–Trinajstić information content (AvgIpc) is 2.64. The van der Waals surface area contributed by atoms with Crippen LogP contribution in [-0.2, 0) is 11.3 Å². The number of ether oxygens (including phenoxy) is 4.